The van der Waals surface area contributed by atoms with Crippen LogP contribution >= 0.6 is 0 Å². The van der Waals surface area contributed by atoms with Crippen molar-refractivity contribution in [1.82, 2.24) is 19.8 Å². The molecule has 146 valence electrons. The molecule has 0 saturated carbocycles. The van der Waals surface area contributed by atoms with E-state index in [1.807, 2.05) is 13.8 Å². The number of alkyl halides is 3. The van der Waals surface area contributed by atoms with Crippen LogP contribution in [0, 0.1) is 0 Å². The number of hydrogen-bond acceptors (Lipinski definition) is 2. The standard InChI is InChI=1S/C19H23F3N4O/c1-4-10-26(18(27)24-14(2)3)13-17-23-9-11-25(17)12-15-5-7-16(8-6-15)19(20,21)22/h4-9,11,14H,1,10,12-13H2,2-3H3,(H,24,27). The van der Waals surface area contributed by atoms with E-state index in [0.29, 0.717) is 24.5 Å². The molecular formula is C19H23F3N4O. The number of halogens is 3. The summed E-state index contributed by atoms with van der Waals surface area (Å²) < 4.78 is 39.8. The third-order valence-electron chi connectivity index (χ3n) is 3.82. The van der Waals surface area contributed by atoms with Gasteiger partial charge in [-0.1, -0.05) is 18.2 Å². The van der Waals surface area contributed by atoms with Crippen LogP contribution in [0.15, 0.2) is 49.3 Å². The van der Waals surface area contributed by atoms with Crippen molar-refractivity contribution < 1.29 is 18.0 Å². The van der Waals surface area contributed by atoms with Gasteiger partial charge in [-0.05, 0) is 31.5 Å². The van der Waals surface area contributed by atoms with Gasteiger partial charge in [0, 0.05) is 31.5 Å². The second-order valence-electron chi connectivity index (χ2n) is 6.44. The predicted octanol–water partition coefficient (Wildman–Crippen LogP) is 4.06. The molecule has 0 bridgehead atoms. The van der Waals surface area contributed by atoms with Crippen molar-refractivity contribution in [3.63, 3.8) is 0 Å². The highest BCUT2D eigenvalue weighted by Gasteiger charge is 2.29. The maximum atomic E-state index is 12.7. The van der Waals surface area contributed by atoms with Crippen molar-refractivity contribution in [1.29, 1.82) is 0 Å². The number of imidazole rings is 1. The second kappa shape index (κ2) is 8.75. The summed E-state index contributed by atoms with van der Waals surface area (Å²) in [4.78, 5) is 18.1. The molecule has 2 aromatic rings. The lowest BCUT2D eigenvalue weighted by Gasteiger charge is -2.23. The number of aromatic nitrogens is 2. The van der Waals surface area contributed by atoms with Crippen LogP contribution in [0.3, 0.4) is 0 Å². The van der Waals surface area contributed by atoms with Crippen LogP contribution in [0.1, 0.15) is 30.8 Å². The van der Waals surface area contributed by atoms with Crippen LogP contribution in [0.25, 0.3) is 0 Å². The van der Waals surface area contributed by atoms with Crippen molar-refractivity contribution in [2.24, 2.45) is 0 Å². The Bertz CT molecular complexity index is 766. The van der Waals surface area contributed by atoms with Crippen LogP contribution in [0.5, 0.6) is 0 Å². The highest BCUT2D eigenvalue weighted by atomic mass is 19.4. The van der Waals surface area contributed by atoms with Gasteiger partial charge in [0.1, 0.15) is 5.82 Å². The molecule has 0 unspecified atom stereocenters. The summed E-state index contributed by atoms with van der Waals surface area (Å²) in [5.74, 6) is 0.635. The molecule has 2 rings (SSSR count). The van der Waals surface area contributed by atoms with Crippen LogP contribution in [-0.4, -0.2) is 33.1 Å². The molecule has 1 heterocycles. The summed E-state index contributed by atoms with van der Waals surface area (Å²) in [5, 5.41) is 2.83. The van der Waals surface area contributed by atoms with Crippen LogP contribution in [-0.2, 0) is 19.3 Å². The molecule has 1 aromatic heterocycles. The van der Waals surface area contributed by atoms with Crippen molar-refractivity contribution >= 4 is 6.03 Å². The van der Waals surface area contributed by atoms with Gasteiger partial charge in [0.05, 0.1) is 12.1 Å². The van der Waals surface area contributed by atoms with Crippen molar-refractivity contribution in [2.45, 2.75) is 39.2 Å². The molecule has 0 atom stereocenters. The molecule has 0 saturated heterocycles. The summed E-state index contributed by atoms with van der Waals surface area (Å²) in [5.41, 5.74) is 0.0313. The van der Waals surface area contributed by atoms with E-state index in [1.165, 1.54) is 12.1 Å². The van der Waals surface area contributed by atoms with Gasteiger partial charge in [-0.2, -0.15) is 13.2 Å². The molecule has 8 heteroatoms. The van der Waals surface area contributed by atoms with E-state index >= 15 is 0 Å². The van der Waals surface area contributed by atoms with Gasteiger partial charge in [-0.25, -0.2) is 9.78 Å². The zero-order valence-electron chi connectivity index (χ0n) is 15.3. The maximum Gasteiger partial charge on any atom is 0.416 e. The molecular weight excluding hydrogens is 357 g/mol. The first-order valence-electron chi connectivity index (χ1n) is 8.53. The minimum absolute atomic E-state index is 0.00305. The highest BCUT2D eigenvalue weighted by molar-refractivity contribution is 5.74. The first kappa shape index (κ1) is 20.5. The summed E-state index contributed by atoms with van der Waals surface area (Å²) in [6.45, 7) is 8.39. The fourth-order valence-electron chi connectivity index (χ4n) is 2.52. The molecule has 0 spiro atoms. The minimum atomic E-state index is -4.35. The number of urea groups is 1. The third-order valence-corrected chi connectivity index (χ3v) is 3.82. The fourth-order valence-corrected chi connectivity index (χ4v) is 2.52. The Kier molecular flexibility index (Phi) is 6.65. The topological polar surface area (TPSA) is 50.2 Å². The van der Waals surface area contributed by atoms with E-state index in [0.717, 1.165) is 12.1 Å². The summed E-state index contributed by atoms with van der Waals surface area (Å²) in [6, 6.07) is 4.78. The van der Waals surface area contributed by atoms with E-state index in [1.54, 1.807) is 27.9 Å². The minimum Gasteiger partial charge on any atom is -0.336 e. The Morgan fingerprint density at radius 3 is 2.56 bits per heavy atom. The van der Waals surface area contributed by atoms with E-state index in [-0.39, 0.29) is 18.6 Å². The molecule has 0 aliphatic carbocycles. The van der Waals surface area contributed by atoms with E-state index < -0.39 is 11.7 Å². The Morgan fingerprint density at radius 2 is 2.00 bits per heavy atom. The van der Waals surface area contributed by atoms with E-state index in [9.17, 15) is 18.0 Å². The number of rotatable bonds is 7. The third kappa shape index (κ3) is 5.87. The lowest BCUT2D eigenvalue weighted by Crippen LogP contribution is -2.43. The monoisotopic (exact) mass is 380 g/mol. The van der Waals surface area contributed by atoms with Crippen LogP contribution < -0.4 is 5.32 Å². The quantitative estimate of drug-likeness (QED) is 0.737. The number of carbonyl (C=O) groups is 1. The summed E-state index contributed by atoms with van der Waals surface area (Å²) in [7, 11) is 0. The highest BCUT2D eigenvalue weighted by Crippen LogP contribution is 2.29. The molecule has 27 heavy (non-hydrogen) atoms. The van der Waals surface area contributed by atoms with Gasteiger partial charge in [0.2, 0.25) is 0 Å². The van der Waals surface area contributed by atoms with E-state index in [2.05, 4.69) is 16.9 Å². The SMILES string of the molecule is C=CCN(Cc1nccn1Cc1ccc(C(F)(F)F)cc1)C(=O)NC(C)C. The largest absolute Gasteiger partial charge is 0.416 e. The van der Waals surface area contributed by atoms with Crippen molar-refractivity contribution in [2.75, 3.05) is 6.54 Å². The predicted molar refractivity (Wildman–Crippen MR) is 97.0 cm³/mol. The number of nitrogens with one attached hydrogen (secondary N) is 1. The zero-order valence-corrected chi connectivity index (χ0v) is 15.3. The average molecular weight is 380 g/mol. The van der Waals surface area contributed by atoms with E-state index in [4.69, 9.17) is 0 Å². The molecule has 0 aliphatic heterocycles. The smallest absolute Gasteiger partial charge is 0.336 e. The molecule has 5 nitrogen and oxygen atoms in total. The van der Waals surface area contributed by atoms with Gasteiger partial charge < -0.3 is 14.8 Å². The Morgan fingerprint density at radius 1 is 1.33 bits per heavy atom. The lowest BCUT2D eigenvalue weighted by molar-refractivity contribution is -0.137. The normalized spacial score (nSPS) is 11.5. The summed E-state index contributed by atoms with van der Waals surface area (Å²) >= 11 is 0. The summed E-state index contributed by atoms with van der Waals surface area (Å²) in [6.07, 6.45) is 0.613. The zero-order chi connectivity index (χ0) is 20.0. The maximum absolute atomic E-state index is 12.7. The first-order valence-corrected chi connectivity index (χ1v) is 8.53. The molecule has 0 radical (unpaired) electrons. The molecule has 1 aromatic carbocycles. The fraction of sp³-hybridized carbons (Fsp3) is 0.368. The Hall–Kier alpha value is -2.77. The van der Waals surface area contributed by atoms with Crippen LogP contribution in [0.4, 0.5) is 18.0 Å². The molecule has 2 amide bonds. The number of carbonyl (C=O) groups excluding carboxylic acids is 1. The number of amides is 2. The Labute approximate surface area is 156 Å². The molecule has 0 fully saturated rings. The van der Waals surface area contributed by atoms with Crippen LogP contribution in [0.2, 0.25) is 0 Å². The van der Waals surface area contributed by atoms with Gasteiger partial charge in [0.25, 0.3) is 0 Å². The van der Waals surface area contributed by atoms with Crippen molar-refractivity contribution in [3.8, 4) is 0 Å². The van der Waals surface area contributed by atoms with Gasteiger partial charge in [0.15, 0.2) is 0 Å². The second-order valence-corrected chi connectivity index (χ2v) is 6.44. The first-order chi connectivity index (χ1) is 12.7. The number of benzene rings is 1. The van der Waals surface area contributed by atoms with Gasteiger partial charge in [-0.3, -0.25) is 0 Å². The average Bonchev–Trinajstić information content (AvgIpc) is 3.00. The lowest BCUT2D eigenvalue weighted by atomic mass is 10.1. The number of nitrogens with zero attached hydrogens (tertiary/aromatic N) is 3. The van der Waals surface area contributed by atoms with Gasteiger partial charge >= 0.3 is 12.2 Å². The van der Waals surface area contributed by atoms with Crippen molar-refractivity contribution in [3.05, 3.63) is 66.3 Å². The van der Waals surface area contributed by atoms with Gasteiger partial charge in [-0.15, -0.1) is 6.58 Å². The Balaban J connectivity index is 2.12. The molecule has 1 N–H and O–H groups in total. The molecule has 0 aliphatic rings. The number of hydrogen-bond donors (Lipinski definition) is 1.